The Bertz CT molecular complexity index is 905. The van der Waals surface area contributed by atoms with Crippen molar-refractivity contribution >= 4 is 16.9 Å². The number of ether oxygens (including phenoxy) is 2. The van der Waals surface area contributed by atoms with Crippen LogP contribution in [0.2, 0.25) is 0 Å². The topological polar surface area (TPSA) is 76.2 Å². The third-order valence-electron chi connectivity index (χ3n) is 3.51. The Hall–Kier alpha value is -3.02. The molecule has 0 radical (unpaired) electrons. The first-order valence-electron chi connectivity index (χ1n) is 6.91. The van der Waals surface area contributed by atoms with E-state index in [0.717, 1.165) is 17.1 Å². The Kier molecular flexibility index (Phi) is 2.93. The average molecular weight is 295 g/mol. The van der Waals surface area contributed by atoms with Gasteiger partial charge in [0.05, 0.1) is 10.9 Å². The standard InChI is InChI=1S/C16H13N3O3/c20-15-11-3-1-2-4-12(11)18-16(19-15)17-8-10-5-6-13-14(7-10)22-9-21-13/h1-7H,8-9H2,(H2,17,18,19,20). The number of aromatic amines is 1. The summed E-state index contributed by atoms with van der Waals surface area (Å²) in [5.74, 6) is 1.93. The number of nitrogens with one attached hydrogen (secondary N) is 2. The number of hydrogen-bond donors (Lipinski definition) is 2. The molecular formula is C16H13N3O3. The molecule has 1 aliphatic heterocycles. The fourth-order valence-corrected chi connectivity index (χ4v) is 2.41. The van der Waals surface area contributed by atoms with E-state index in [4.69, 9.17) is 9.47 Å². The van der Waals surface area contributed by atoms with Gasteiger partial charge in [0.1, 0.15) is 0 Å². The molecule has 2 heterocycles. The van der Waals surface area contributed by atoms with Crippen LogP contribution in [0.1, 0.15) is 5.56 Å². The maximum absolute atomic E-state index is 12.0. The molecule has 1 aliphatic rings. The molecule has 1 aromatic heterocycles. The van der Waals surface area contributed by atoms with Crippen molar-refractivity contribution in [3.63, 3.8) is 0 Å². The monoisotopic (exact) mass is 295 g/mol. The van der Waals surface area contributed by atoms with Gasteiger partial charge in [-0.05, 0) is 29.8 Å². The van der Waals surface area contributed by atoms with Gasteiger partial charge in [-0.15, -0.1) is 0 Å². The van der Waals surface area contributed by atoms with Crippen molar-refractivity contribution in [2.75, 3.05) is 12.1 Å². The third kappa shape index (κ3) is 2.24. The van der Waals surface area contributed by atoms with Crippen LogP contribution in [0.4, 0.5) is 5.95 Å². The van der Waals surface area contributed by atoms with Crippen molar-refractivity contribution in [1.29, 1.82) is 0 Å². The zero-order chi connectivity index (χ0) is 14.9. The van der Waals surface area contributed by atoms with E-state index in [1.54, 1.807) is 6.07 Å². The van der Waals surface area contributed by atoms with Gasteiger partial charge >= 0.3 is 0 Å². The maximum atomic E-state index is 12.0. The van der Waals surface area contributed by atoms with Gasteiger partial charge in [-0.1, -0.05) is 18.2 Å². The SMILES string of the molecule is O=c1[nH]c(NCc2ccc3c(c2)OCO3)nc2ccccc12. The molecule has 0 saturated heterocycles. The van der Waals surface area contributed by atoms with Gasteiger partial charge in [0.25, 0.3) is 5.56 Å². The second-order valence-electron chi connectivity index (χ2n) is 4.97. The molecule has 6 nitrogen and oxygen atoms in total. The van der Waals surface area contributed by atoms with Crippen molar-refractivity contribution in [2.24, 2.45) is 0 Å². The zero-order valence-electron chi connectivity index (χ0n) is 11.6. The first-order chi connectivity index (χ1) is 10.8. The summed E-state index contributed by atoms with van der Waals surface area (Å²) in [4.78, 5) is 19.1. The molecule has 0 fully saturated rings. The molecular weight excluding hydrogens is 282 g/mol. The molecule has 0 aliphatic carbocycles. The lowest BCUT2D eigenvalue weighted by Crippen LogP contribution is -2.13. The van der Waals surface area contributed by atoms with Gasteiger partial charge in [-0.25, -0.2) is 4.98 Å². The number of hydrogen-bond acceptors (Lipinski definition) is 5. The molecule has 0 atom stereocenters. The molecule has 4 rings (SSSR count). The average Bonchev–Trinajstić information content (AvgIpc) is 3.00. The number of benzene rings is 2. The summed E-state index contributed by atoms with van der Waals surface area (Å²) in [6.45, 7) is 0.781. The highest BCUT2D eigenvalue weighted by Crippen LogP contribution is 2.32. The van der Waals surface area contributed by atoms with Crippen molar-refractivity contribution in [1.82, 2.24) is 9.97 Å². The van der Waals surface area contributed by atoms with Crippen molar-refractivity contribution in [2.45, 2.75) is 6.54 Å². The first-order valence-corrected chi connectivity index (χ1v) is 6.91. The van der Waals surface area contributed by atoms with E-state index in [0.29, 0.717) is 23.4 Å². The van der Waals surface area contributed by atoms with E-state index in [9.17, 15) is 4.79 Å². The number of para-hydroxylation sites is 1. The van der Waals surface area contributed by atoms with Gasteiger partial charge in [0, 0.05) is 6.54 Å². The normalized spacial score (nSPS) is 12.5. The molecule has 110 valence electrons. The Balaban J connectivity index is 1.58. The minimum absolute atomic E-state index is 0.154. The number of anilines is 1. The summed E-state index contributed by atoms with van der Waals surface area (Å²) in [7, 11) is 0. The molecule has 0 bridgehead atoms. The van der Waals surface area contributed by atoms with E-state index >= 15 is 0 Å². The highest BCUT2D eigenvalue weighted by atomic mass is 16.7. The molecule has 0 saturated carbocycles. The Morgan fingerprint density at radius 3 is 2.95 bits per heavy atom. The number of H-pyrrole nitrogens is 1. The fraction of sp³-hybridized carbons (Fsp3) is 0.125. The minimum atomic E-state index is -0.154. The largest absolute Gasteiger partial charge is 0.454 e. The Labute approximate surface area is 125 Å². The van der Waals surface area contributed by atoms with Crippen LogP contribution < -0.4 is 20.3 Å². The van der Waals surface area contributed by atoms with Crippen LogP contribution in [0.3, 0.4) is 0 Å². The van der Waals surface area contributed by atoms with Crippen molar-refractivity contribution in [3.05, 3.63) is 58.4 Å². The van der Waals surface area contributed by atoms with Crippen LogP contribution in [-0.2, 0) is 6.54 Å². The van der Waals surface area contributed by atoms with Crippen molar-refractivity contribution in [3.8, 4) is 11.5 Å². The smallest absolute Gasteiger partial charge is 0.260 e. The summed E-state index contributed by atoms with van der Waals surface area (Å²) >= 11 is 0. The summed E-state index contributed by atoms with van der Waals surface area (Å²) in [5.41, 5.74) is 1.53. The lowest BCUT2D eigenvalue weighted by molar-refractivity contribution is 0.174. The predicted molar refractivity (Wildman–Crippen MR) is 82.3 cm³/mol. The quantitative estimate of drug-likeness (QED) is 0.775. The van der Waals surface area contributed by atoms with Gasteiger partial charge < -0.3 is 14.8 Å². The summed E-state index contributed by atoms with van der Waals surface area (Å²) in [6, 6.07) is 13.0. The third-order valence-corrected chi connectivity index (χ3v) is 3.51. The second-order valence-corrected chi connectivity index (χ2v) is 4.97. The Morgan fingerprint density at radius 1 is 1.14 bits per heavy atom. The summed E-state index contributed by atoms with van der Waals surface area (Å²) in [6.07, 6.45) is 0. The van der Waals surface area contributed by atoms with Crippen LogP contribution >= 0.6 is 0 Å². The minimum Gasteiger partial charge on any atom is -0.454 e. The molecule has 2 aromatic carbocycles. The molecule has 0 amide bonds. The van der Waals surface area contributed by atoms with E-state index < -0.39 is 0 Å². The van der Waals surface area contributed by atoms with Crippen molar-refractivity contribution < 1.29 is 9.47 Å². The van der Waals surface area contributed by atoms with E-state index in [2.05, 4.69) is 15.3 Å². The Morgan fingerprint density at radius 2 is 2.00 bits per heavy atom. The zero-order valence-corrected chi connectivity index (χ0v) is 11.6. The van der Waals surface area contributed by atoms with Crippen LogP contribution in [0.25, 0.3) is 10.9 Å². The van der Waals surface area contributed by atoms with Gasteiger partial charge in [-0.3, -0.25) is 9.78 Å². The van der Waals surface area contributed by atoms with Gasteiger partial charge in [0.2, 0.25) is 12.7 Å². The summed E-state index contributed by atoms with van der Waals surface area (Å²) < 4.78 is 10.6. The van der Waals surface area contributed by atoms with Crippen LogP contribution in [0, 0.1) is 0 Å². The molecule has 22 heavy (non-hydrogen) atoms. The van der Waals surface area contributed by atoms with Crippen LogP contribution in [0.15, 0.2) is 47.3 Å². The van der Waals surface area contributed by atoms with Crippen LogP contribution in [-0.4, -0.2) is 16.8 Å². The maximum Gasteiger partial charge on any atom is 0.260 e. The summed E-state index contributed by atoms with van der Waals surface area (Å²) in [5, 5.41) is 3.70. The molecule has 6 heteroatoms. The second kappa shape index (κ2) is 5.07. The predicted octanol–water partition coefficient (Wildman–Crippen LogP) is 2.26. The molecule has 3 aromatic rings. The first kappa shape index (κ1) is 12.7. The lowest BCUT2D eigenvalue weighted by atomic mass is 10.2. The highest BCUT2D eigenvalue weighted by molar-refractivity contribution is 5.78. The van der Waals surface area contributed by atoms with Gasteiger partial charge in [0.15, 0.2) is 11.5 Å². The highest BCUT2D eigenvalue weighted by Gasteiger charge is 2.13. The van der Waals surface area contributed by atoms with Gasteiger partial charge in [-0.2, -0.15) is 0 Å². The number of fused-ring (bicyclic) bond motifs is 2. The van der Waals surface area contributed by atoms with E-state index in [1.165, 1.54) is 0 Å². The number of aromatic nitrogens is 2. The van der Waals surface area contributed by atoms with E-state index in [1.807, 2.05) is 36.4 Å². The number of rotatable bonds is 3. The fourth-order valence-electron chi connectivity index (χ4n) is 2.41. The number of nitrogens with zero attached hydrogens (tertiary/aromatic N) is 1. The van der Waals surface area contributed by atoms with E-state index in [-0.39, 0.29) is 12.4 Å². The lowest BCUT2D eigenvalue weighted by Gasteiger charge is -2.07. The van der Waals surface area contributed by atoms with Crippen LogP contribution in [0.5, 0.6) is 11.5 Å². The molecule has 0 unspecified atom stereocenters. The molecule has 0 spiro atoms. The molecule has 2 N–H and O–H groups in total.